The monoisotopic (exact) mass is 438 g/mol. The molecular weight excluding hydrogens is 419 g/mol. The first kappa shape index (κ1) is 21.2. The Morgan fingerprint density at radius 1 is 1.12 bits per heavy atom. The van der Waals surface area contributed by atoms with Crippen LogP contribution in [0.2, 0.25) is 0 Å². The maximum atomic E-state index is 14.6. The van der Waals surface area contributed by atoms with Crippen LogP contribution in [0.15, 0.2) is 48.3 Å². The van der Waals surface area contributed by atoms with Gasteiger partial charge in [0.2, 0.25) is 0 Å². The molecule has 32 heavy (non-hydrogen) atoms. The van der Waals surface area contributed by atoms with Crippen molar-refractivity contribution in [3.05, 3.63) is 65.2 Å². The van der Waals surface area contributed by atoms with Crippen molar-refractivity contribution in [2.45, 2.75) is 18.9 Å². The Balaban J connectivity index is 1.37. The van der Waals surface area contributed by atoms with E-state index in [2.05, 4.69) is 4.98 Å². The van der Waals surface area contributed by atoms with E-state index >= 15 is 0 Å². The lowest BCUT2D eigenvalue weighted by molar-refractivity contribution is -0.123. The van der Waals surface area contributed by atoms with Crippen molar-refractivity contribution in [2.75, 3.05) is 13.1 Å². The van der Waals surface area contributed by atoms with Crippen LogP contribution in [0.5, 0.6) is 5.75 Å². The Morgan fingerprint density at radius 3 is 2.47 bits per heavy atom. The molecule has 0 aliphatic carbocycles. The molecule has 2 N–H and O–H groups in total. The van der Waals surface area contributed by atoms with E-state index in [1.54, 1.807) is 23.2 Å². The van der Waals surface area contributed by atoms with E-state index in [1.165, 1.54) is 24.4 Å². The molecule has 9 nitrogen and oxygen atoms in total. The van der Waals surface area contributed by atoms with Gasteiger partial charge in [-0.25, -0.2) is 9.18 Å². The van der Waals surface area contributed by atoms with Gasteiger partial charge in [0.15, 0.2) is 11.6 Å². The number of aromatic nitrogens is 1. The van der Waals surface area contributed by atoms with Gasteiger partial charge in [-0.2, -0.15) is 0 Å². The van der Waals surface area contributed by atoms with Gasteiger partial charge >= 0.3 is 6.03 Å². The molecule has 2 aromatic rings. The van der Waals surface area contributed by atoms with Gasteiger partial charge in [0, 0.05) is 38.3 Å². The molecule has 4 rings (SSSR count). The third-order valence-corrected chi connectivity index (χ3v) is 5.14. The van der Waals surface area contributed by atoms with Crippen molar-refractivity contribution in [3.63, 3.8) is 0 Å². The number of carbonyl (C=O) groups is 4. The fraction of sp³-hybridized carbons (Fsp3) is 0.227. The van der Waals surface area contributed by atoms with Crippen LogP contribution in [-0.2, 0) is 9.59 Å². The molecule has 2 aliphatic rings. The van der Waals surface area contributed by atoms with Crippen LogP contribution >= 0.6 is 0 Å². The first-order chi connectivity index (χ1) is 15.4. The van der Waals surface area contributed by atoms with Gasteiger partial charge in [-0.1, -0.05) is 6.07 Å². The second-order valence-electron chi connectivity index (χ2n) is 7.34. The van der Waals surface area contributed by atoms with Gasteiger partial charge in [-0.05, 0) is 35.9 Å². The van der Waals surface area contributed by atoms with E-state index < -0.39 is 23.7 Å². The highest BCUT2D eigenvalue weighted by Crippen LogP contribution is 2.25. The molecule has 0 spiro atoms. The number of amides is 5. The predicted octanol–water partition coefficient (Wildman–Crippen LogP) is 1.65. The van der Waals surface area contributed by atoms with Gasteiger partial charge in [0.1, 0.15) is 11.7 Å². The number of imide groups is 2. The number of likely N-dealkylation sites (tertiary alicyclic amines) is 1. The predicted molar refractivity (Wildman–Crippen MR) is 110 cm³/mol. The summed E-state index contributed by atoms with van der Waals surface area (Å²) in [4.78, 5) is 52.8. The van der Waals surface area contributed by atoms with E-state index in [9.17, 15) is 23.6 Å². The minimum Gasteiger partial charge on any atom is -0.487 e. The fourth-order valence-corrected chi connectivity index (χ4v) is 3.50. The lowest BCUT2D eigenvalue weighted by Gasteiger charge is -2.32. The van der Waals surface area contributed by atoms with Gasteiger partial charge in [0.25, 0.3) is 17.7 Å². The standard InChI is InChI=1S/C22H19FN4O5/c23-17-11-13(10-16-19(28)25-22(31)26-20(16)29)3-4-18(17)32-15-5-8-27(9-6-15)21(30)14-2-1-7-24-12-14/h1-4,7,10-12,15H,5-6,8-9H2,(H2,25,26,28,29,31). The summed E-state index contributed by atoms with van der Waals surface area (Å²) < 4.78 is 20.3. The molecule has 0 atom stereocenters. The molecule has 3 heterocycles. The van der Waals surface area contributed by atoms with Crippen LogP contribution in [0.4, 0.5) is 9.18 Å². The second kappa shape index (κ2) is 8.96. The molecule has 5 amide bonds. The Kier molecular flexibility index (Phi) is 5.93. The quantitative estimate of drug-likeness (QED) is 0.554. The summed E-state index contributed by atoms with van der Waals surface area (Å²) in [5.41, 5.74) is 0.483. The largest absolute Gasteiger partial charge is 0.487 e. The van der Waals surface area contributed by atoms with E-state index in [-0.39, 0.29) is 28.9 Å². The zero-order valence-electron chi connectivity index (χ0n) is 16.8. The first-order valence-corrected chi connectivity index (χ1v) is 9.94. The maximum Gasteiger partial charge on any atom is 0.328 e. The highest BCUT2D eigenvalue weighted by atomic mass is 19.1. The number of rotatable bonds is 4. The van der Waals surface area contributed by atoms with Crippen molar-refractivity contribution in [1.29, 1.82) is 0 Å². The van der Waals surface area contributed by atoms with Gasteiger partial charge in [-0.3, -0.25) is 30.0 Å². The number of hydrogen-bond acceptors (Lipinski definition) is 6. The van der Waals surface area contributed by atoms with Gasteiger partial charge < -0.3 is 9.64 Å². The molecule has 2 aliphatic heterocycles. The third-order valence-electron chi connectivity index (χ3n) is 5.14. The summed E-state index contributed by atoms with van der Waals surface area (Å²) in [6.45, 7) is 0.959. The number of pyridine rings is 1. The summed E-state index contributed by atoms with van der Waals surface area (Å²) in [5.74, 6) is -2.42. The lowest BCUT2D eigenvalue weighted by atomic mass is 10.1. The fourth-order valence-electron chi connectivity index (χ4n) is 3.50. The number of hydrogen-bond donors (Lipinski definition) is 2. The number of ether oxygens (including phenoxy) is 1. The number of benzene rings is 1. The molecule has 0 radical (unpaired) electrons. The third kappa shape index (κ3) is 4.64. The topological polar surface area (TPSA) is 118 Å². The zero-order chi connectivity index (χ0) is 22.7. The maximum absolute atomic E-state index is 14.6. The summed E-state index contributed by atoms with van der Waals surface area (Å²) >= 11 is 0. The minimum absolute atomic E-state index is 0.0388. The Bertz CT molecular complexity index is 1090. The van der Waals surface area contributed by atoms with Crippen LogP contribution in [0.3, 0.4) is 0 Å². The lowest BCUT2D eigenvalue weighted by Crippen LogP contribution is -2.51. The SMILES string of the molecule is O=C1NC(=O)C(=Cc2ccc(OC3CCN(C(=O)c4cccnc4)CC3)c(F)c2)C(=O)N1. The van der Waals surface area contributed by atoms with E-state index in [0.717, 1.165) is 6.07 Å². The van der Waals surface area contributed by atoms with Crippen LogP contribution in [0.1, 0.15) is 28.8 Å². The first-order valence-electron chi connectivity index (χ1n) is 9.94. The smallest absolute Gasteiger partial charge is 0.328 e. The highest BCUT2D eigenvalue weighted by molar-refractivity contribution is 6.31. The van der Waals surface area contributed by atoms with Crippen molar-refractivity contribution >= 4 is 29.8 Å². The second-order valence-corrected chi connectivity index (χ2v) is 7.34. The molecule has 0 saturated carbocycles. The molecule has 10 heteroatoms. The van der Waals surface area contributed by atoms with Crippen molar-refractivity contribution < 1.29 is 28.3 Å². The van der Waals surface area contributed by atoms with Crippen LogP contribution < -0.4 is 15.4 Å². The zero-order valence-corrected chi connectivity index (χ0v) is 16.8. The Morgan fingerprint density at radius 2 is 1.84 bits per heavy atom. The summed E-state index contributed by atoms with van der Waals surface area (Å²) in [6, 6.07) is 6.57. The summed E-state index contributed by atoms with van der Waals surface area (Å²) in [6.07, 6.45) is 5.15. The van der Waals surface area contributed by atoms with E-state index in [0.29, 0.717) is 31.5 Å². The number of urea groups is 1. The molecule has 164 valence electrons. The number of barbiturate groups is 1. The molecule has 0 bridgehead atoms. The van der Waals surface area contributed by atoms with Crippen LogP contribution in [0, 0.1) is 5.82 Å². The molecule has 2 saturated heterocycles. The number of nitrogens with one attached hydrogen (secondary N) is 2. The number of piperidine rings is 1. The normalized spacial score (nSPS) is 17.0. The number of halogens is 1. The van der Waals surface area contributed by atoms with Gasteiger partial charge in [-0.15, -0.1) is 0 Å². The number of carbonyl (C=O) groups excluding carboxylic acids is 4. The Hall–Kier alpha value is -4.08. The van der Waals surface area contributed by atoms with Crippen LogP contribution in [-0.4, -0.2) is 52.8 Å². The van der Waals surface area contributed by atoms with E-state index in [4.69, 9.17) is 4.74 Å². The summed E-state index contributed by atoms with van der Waals surface area (Å²) in [5, 5.41) is 3.91. The minimum atomic E-state index is -0.903. The molecule has 0 unspecified atom stereocenters. The van der Waals surface area contributed by atoms with Gasteiger partial charge in [0.05, 0.1) is 5.56 Å². The molecule has 1 aromatic carbocycles. The summed E-state index contributed by atoms with van der Waals surface area (Å²) in [7, 11) is 0. The van der Waals surface area contributed by atoms with Crippen molar-refractivity contribution in [2.24, 2.45) is 0 Å². The van der Waals surface area contributed by atoms with Crippen molar-refractivity contribution in [1.82, 2.24) is 20.5 Å². The molecular formula is C22H19FN4O5. The van der Waals surface area contributed by atoms with Crippen molar-refractivity contribution in [3.8, 4) is 5.75 Å². The average molecular weight is 438 g/mol. The Labute approximate surface area is 182 Å². The average Bonchev–Trinajstić information content (AvgIpc) is 2.78. The molecule has 2 fully saturated rings. The van der Waals surface area contributed by atoms with E-state index in [1.807, 2.05) is 10.6 Å². The van der Waals surface area contributed by atoms with Crippen LogP contribution in [0.25, 0.3) is 6.08 Å². The molecule has 1 aromatic heterocycles. The number of nitrogens with zero attached hydrogens (tertiary/aromatic N) is 2. The highest BCUT2D eigenvalue weighted by Gasteiger charge is 2.28.